The zero-order valence-corrected chi connectivity index (χ0v) is 11.3. The average molecular weight is 301 g/mol. The predicted molar refractivity (Wildman–Crippen MR) is 69.2 cm³/mol. The SMILES string of the molecule is Cc1cc(C(Cc2cc(Br)cs2)NN)co1. The van der Waals surface area contributed by atoms with Crippen molar-refractivity contribution in [3.8, 4) is 0 Å². The van der Waals surface area contributed by atoms with Crippen LogP contribution in [0.4, 0.5) is 0 Å². The fourth-order valence-corrected chi connectivity index (χ4v) is 3.08. The van der Waals surface area contributed by atoms with Gasteiger partial charge in [0.15, 0.2) is 0 Å². The topological polar surface area (TPSA) is 51.2 Å². The molecule has 0 saturated heterocycles. The molecule has 2 aromatic heterocycles. The summed E-state index contributed by atoms with van der Waals surface area (Å²) < 4.78 is 6.41. The maximum atomic E-state index is 5.57. The molecule has 1 atom stereocenters. The number of hydrazine groups is 1. The van der Waals surface area contributed by atoms with Gasteiger partial charge in [-0.1, -0.05) is 0 Å². The van der Waals surface area contributed by atoms with Crippen molar-refractivity contribution < 1.29 is 4.42 Å². The number of halogens is 1. The van der Waals surface area contributed by atoms with Crippen LogP contribution in [0.15, 0.2) is 32.7 Å². The summed E-state index contributed by atoms with van der Waals surface area (Å²) in [6, 6.07) is 4.22. The number of furan rings is 1. The second-order valence-corrected chi connectivity index (χ2v) is 5.56. The number of nitrogens with two attached hydrogens (primary N) is 1. The molecule has 0 aliphatic heterocycles. The minimum absolute atomic E-state index is 0.1000. The third kappa shape index (κ3) is 2.74. The van der Waals surface area contributed by atoms with Crippen LogP contribution in [-0.2, 0) is 6.42 Å². The summed E-state index contributed by atoms with van der Waals surface area (Å²) in [5.41, 5.74) is 3.91. The first-order chi connectivity index (χ1) is 7.69. The van der Waals surface area contributed by atoms with Crippen molar-refractivity contribution in [1.82, 2.24) is 5.43 Å². The van der Waals surface area contributed by atoms with E-state index in [1.165, 1.54) is 4.88 Å². The minimum Gasteiger partial charge on any atom is -0.469 e. The van der Waals surface area contributed by atoms with E-state index in [4.69, 9.17) is 10.3 Å². The number of hydrogen-bond acceptors (Lipinski definition) is 4. The molecule has 5 heteroatoms. The van der Waals surface area contributed by atoms with E-state index < -0.39 is 0 Å². The molecule has 0 amide bonds. The number of thiophene rings is 1. The predicted octanol–water partition coefficient (Wildman–Crippen LogP) is 3.16. The summed E-state index contributed by atoms with van der Waals surface area (Å²) in [5.74, 6) is 6.48. The van der Waals surface area contributed by atoms with Crippen LogP contribution >= 0.6 is 27.3 Å². The van der Waals surface area contributed by atoms with Gasteiger partial charge >= 0.3 is 0 Å². The van der Waals surface area contributed by atoms with E-state index in [-0.39, 0.29) is 6.04 Å². The summed E-state index contributed by atoms with van der Waals surface area (Å²) in [6.45, 7) is 1.93. The van der Waals surface area contributed by atoms with Crippen molar-refractivity contribution in [2.75, 3.05) is 0 Å². The Hall–Kier alpha value is -0.620. The van der Waals surface area contributed by atoms with Gasteiger partial charge in [-0.3, -0.25) is 11.3 Å². The van der Waals surface area contributed by atoms with E-state index in [0.717, 1.165) is 22.2 Å². The number of hydrogen-bond donors (Lipinski definition) is 2. The van der Waals surface area contributed by atoms with Crippen molar-refractivity contribution in [1.29, 1.82) is 0 Å². The van der Waals surface area contributed by atoms with Crippen LogP contribution in [0.1, 0.15) is 22.2 Å². The Balaban J connectivity index is 2.12. The highest BCUT2D eigenvalue weighted by Gasteiger charge is 2.13. The molecular weight excluding hydrogens is 288 g/mol. The third-order valence-electron chi connectivity index (χ3n) is 2.38. The Morgan fingerprint density at radius 3 is 2.88 bits per heavy atom. The van der Waals surface area contributed by atoms with E-state index in [1.807, 2.05) is 13.0 Å². The van der Waals surface area contributed by atoms with Gasteiger partial charge in [0.25, 0.3) is 0 Å². The lowest BCUT2D eigenvalue weighted by Crippen LogP contribution is -2.29. The molecule has 0 fully saturated rings. The van der Waals surface area contributed by atoms with Crippen LogP contribution in [0.2, 0.25) is 0 Å². The normalized spacial score (nSPS) is 12.9. The second-order valence-electron chi connectivity index (χ2n) is 3.65. The second kappa shape index (κ2) is 5.14. The van der Waals surface area contributed by atoms with Crippen molar-refractivity contribution in [3.63, 3.8) is 0 Å². The number of nitrogens with one attached hydrogen (secondary N) is 1. The summed E-state index contributed by atoms with van der Waals surface area (Å²) in [4.78, 5) is 1.29. The van der Waals surface area contributed by atoms with E-state index in [0.29, 0.717) is 0 Å². The van der Waals surface area contributed by atoms with Gasteiger partial charge in [-0.15, -0.1) is 11.3 Å². The fourth-order valence-electron chi connectivity index (χ4n) is 1.58. The van der Waals surface area contributed by atoms with Crippen LogP contribution in [0.5, 0.6) is 0 Å². The zero-order valence-electron chi connectivity index (χ0n) is 8.87. The smallest absolute Gasteiger partial charge is 0.101 e. The van der Waals surface area contributed by atoms with Crippen LogP contribution in [-0.4, -0.2) is 0 Å². The van der Waals surface area contributed by atoms with E-state index in [2.05, 4.69) is 32.8 Å². The molecule has 0 saturated carbocycles. The Labute approximate surface area is 107 Å². The quantitative estimate of drug-likeness (QED) is 0.674. The van der Waals surface area contributed by atoms with Crippen molar-refractivity contribution in [2.24, 2.45) is 5.84 Å². The highest BCUT2D eigenvalue weighted by Crippen LogP contribution is 2.26. The maximum Gasteiger partial charge on any atom is 0.101 e. The van der Waals surface area contributed by atoms with Gasteiger partial charge in [-0.25, -0.2) is 0 Å². The summed E-state index contributed by atoms with van der Waals surface area (Å²) >= 11 is 5.17. The van der Waals surface area contributed by atoms with Gasteiger partial charge < -0.3 is 4.42 Å². The minimum atomic E-state index is 0.1000. The average Bonchev–Trinajstić information content (AvgIpc) is 2.84. The first-order valence-corrected chi connectivity index (χ1v) is 6.60. The molecule has 16 heavy (non-hydrogen) atoms. The lowest BCUT2D eigenvalue weighted by Gasteiger charge is -2.12. The van der Waals surface area contributed by atoms with Crippen LogP contribution in [0.25, 0.3) is 0 Å². The number of aryl methyl sites for hydroxylation is 1. The van der Waals surface area contributed by atoms with Crippen molar-refractivity contribution in [2.45, 2.75) is 19.4 Å². The Morgan fingerprint density at radius 1 is 1.56 bits per heavy atom. The molecule has 2 heterocycles. The van der Waals surface area contributed by atoms with Crippen molar-refractivity contribution >= 4 is 27.3 Å². The summed E-state index contributed by atoms with van der Waals surface area (Å²) in [5, 5.41) is 2.07. The van der Waals surface area contributed by atoms with E-state index in [1.54, 1.807) is 17.6 Å². The molecule has 0 radical (unpaired) electrons. The van der Waals surface area contributed by atoms with E-state index in [9.17, 15) is 0 Å². The van der Waals surface area contributed by atoms with Crippen molar-refractivity contribution in [3.05, 3.63) is 44.4 Å². The monoisotopic (exact) mass is 300 g/mol. The van der Waals surface area contributed by atoms with Gasteiger partial charge in [-0.2, -0.15) is 0 Å². The zero-order chi connectivity index (χ0) is 11.5. The molecule has 0 spiro atoms. The summed E-state index contributed by atoms with van der Waals surface area (Å²) in [6.07, 6.45) is 2.62. The van der Waals surface area contributed by atoms with Crippen LogP contribution in [0.3, 0.4) is 0 Å². The molecule has 0 aliphatic rings. The third-order valence-corrected chi connectivity index (χ3v) is 4.10. The molecule has 0 bridgehead atoms. The van der Waals surface area contributed by atoms with Gasteiger partial charge in [0.1, 0.15) is 5.76 Å². The Morgan fingerprint density at radius 2 is 2.38 bits per heavy atom. The molecular formula is C11H13BrN2OS. The van der Waals surface area contributed by atoms with Gasteiger partial charge in [0.05, 0.1) is 12.3 Å². The molecule has 0 aromatic carbocycles. The van der Waals surface area contributed by atoms with Crippen LogP contribution < -0.4 is 11.3 Å². The molecule has 3 N–H and O–H groups in total. The largest absolute Gasteiger partial charge is 0.469 e. The molecule has 86 valence electrons. The lowest BCUT2D eigenvalue weighted by molar-refractivity contribution is 0.512. The Kier molecular flexibility index (Phi) is 3.81. The Bertz CT molecular complexity index is 466. The fraction of sp³-hybridized carbons (Fsp3) is 0.273. The molecule has 2 aromatic rings. The highest BCUT2D eigenvalue weighted by atomic mass is 79.9. The maximum absolute atomic E-state index is 5.57. The molecule has 1 unspecified atom stereocenters. The standard InChI is InChI=1S/C11H13BrN2OS/c1-7-2-8(5-15-7)11(14-13)4-10-3-9(12)6-16-10/h2-3,5-6,11,14H,4,13H2,1H3. The molecule has 0 aliphatic carbocycles. The summed E-state index contributed by atoms with van der Waals surface area (Å²) in [7, 11) is 0. The van der Waals surface area contributed by atoms with E-state index >= 15 is 0 Å². The van der Waals surface area contributed by atoms with Gasteiger partial charge in [0, 0.05) is 26.7 Å². The van der Waals surface area contributed by atoms with Gasteiger partial charge in [0.2, 0.25) is 0 Å². The first kappa shape index (κ1) is 11.9. The molecule has 3 nitrogen and oxygen atoms in total. The van der Waals surface area contributed by atoms with Crippen LogP contribution in [0, 0.1) is 6.92 Å². The van der Waals surface area contributed by atoms with Gasteiger partial charge in [-0.05, 0) is 35.0 Å². The number of rotatable bonds is 4. The molecule has 2 rings (SSSR count). The highest BCUT2D eigenvalue weighted by molar-refractivity contribution is 9.10. The lowest BCUT2D eigenvalue weighted by atomic mass is 10.1. The first-order valence-electron chi connectivity index (χ1n) is 4.93.